The molecular formula is C29H31NO2. The van der Waals surface area contributed by atoms with Crippen LogP contribution in [0.25, 0.3) is 0 Å². The van der Waals surface area contributed by atoms with E-state index in [4.69, 9.17) is 0 Å². The normalized spacial score (nSPS) is 29.7. The molecule has 5 rings (SSSR count). The SMILES string of the molecule is C[C@]12C(=O)N(CCC3=CCCCC3)C(=O)[C@@H]1[C@@H](c1ccccc1)C=C[C@H]2c1ccccc1. The molecule has 2 amide bonds. The molecule has 3 heteroatoms. The first-order valence-corrected chi connectivity index (χ1v) is 11.9. The van der Waals surface area contributed by atoms with E-state index >= 15 is 0 Å². The number of fused-ring (bicyclic) bond motifs is 1. The molecule has 0 N–H and O–H groups in total. The summed E-state index contributed by atoms with van der Waals surface area (Å²) in [7, 11) is 0. The molecule has 2 aromatic carbocycles. The minimum Gasteiger partial charge on any atom is -0.281 e. The summed E-state index contributed by atoms with van der Waals surface area (Å²) in [5, 5.41) is 0. The molecule has 3 nitrogen and oxygen atoms in total. The van der Waals surface area contributed by atoms with Crippen molar-refractivity contribution in [3.63, 3.8) is 0 Å². The molecule has 1 saturated heterocycles. The summed E-state index contributed by atoms with van der Waals surface area (Å²) >= 11 is 0. The number of benzene rings is 2. The summed E-state index contributed by atoms with van der Waals surface area (Å²) in [6.07, 6.45) is 12.1. The van der Waals surface area contributed by atoms with Crippen molar-refractivity contribution in [3.8, 4) is 0 Å². The van der Waals surface area contributed by atoms with Crippen molar-refractivity contribution >= 4 is 11.8 Å². The molecule has 4 atom stereocenters. The Morgan fingerprint density at radius 1 is 0.906 bits per heavy atom. The Morgan fingerprint density at radius 3 is 2.25 bits per heavy atom. The second kappa shape index (κ2) is 8.54. The van der Waals surface area contributed by atoms with Gasteiger partial charge in [-0.05, 0) is 50.2 Å². The maximum absolute atomic E-state index is 14.0. The molecule has 1 aliphatic heterocycles. The molecular weight excluding hydrogens is 394 g/mol. The Hall–Kier alpha value is -2.94. The van der Waals surface area contributed by atoms with Gasteiger partial charge in [0, 0.05) is 18.4 Å². The fraction of sp³-hybridized carbons (Fsp3) is 0.379. The first kappa shape index (κ1) is 20.9. The molecule has 0 radical (unpaired) electrons. The van der Waals surface area contributed by atoms with Crippen LogP contribution in [0.3, 0.4) is 0 Å². The van der Waals surface area contributed by atoms with E-state index in [1.807, 2.05) is 43.3 Å². The standard InChI is InChI=1S/C29H31NO2/c1-29-25(23-15-9-4-10-16-23)18-17-24(22-13-7-3-8-14-22)26(29)27(31)30(28(29)32)20-19-21-11-5-2-6-12-21/h3-4,7-11,13-18,24-26H,2,5-6,12,19-20H2,1H3/t24-,25+,26+,29-/m1/s1. The molecule has 2 aliphatic carbocycles. The molecule has 1 fully saturated rings. The maximum atomic E-state index is 14.0. The number of carbonyl (C=O) groups excluding carboxylic acids is 2. The maximum Gasteiger partial charge on any atom is 0.236 e. The number of hydrogen-bond donors (Lipinski definition) is 0. The summed E-state index contributed by atoms with van der Waals surface area (Å²) < 4.78 is 0. The summed E-state index contributed by atoms with van der Waals surface area (Å²) in [6.45, 7) is 2.52. The van der Waals surface area contributed by atoms with Crippen molar-refractivity contribution < 1.29 is 9.59 Å². The molecule has 0 aromatic heterocycles. The van der Waals surface area contributed by atoms with Crippen LogP contribution in [0.4, 0.5) is 0 Å². The fourth-order valence-electron chi connectivity index (χ4n) is 6.04. The van der Waals surface area contributed by atoms with Crippen LogP contribution >= 0.6 is 0 Å². The largest absolute Gasteiger partial charge is 0.281 e. The molecule has 164 valence electrons. The lowest BCUT2D eigenvalue weighted by Gasteiger charge is -2.41. The van der Waals surface area contributed by atoms with Gasteiger partial charge in [0.2, 0.25) is 11.8 Å². The van der Waals surface area contributed by atoms with Gasteiger partial charge in [-0.1, -0.05) is 84.5 Å². The van der Waals surface area contributed by atoms with E-state index in [0.717, 1.165) is 30.4 Å². The predicted molar refractivity (Wildman–Crippen MR) is 127 cm³/mol. The third-order valence-corrected chi connectivity index (χ3v) is 7.78. The van der Waals surface area contributed by atoms with E-state index in [0.29, 0.717) is 6.54 Å². The number of carbonyl (C=O) groups is 2. The van der Waals surface area contributed by atoms with Crippen molar-refractivity contribution in [1.82, 2.24) is 4.90 Å². The van der Waals surface area contributed by atoms with Gasteiger partial charge in [0.05, 0.1) is 11.3 Å². The third-order valence-electron chi connectivity index (χ3n) is 7.78. The monoisotopic (exact) mass is 425 g/mol. The first-order chi connectivity index (χ1) is 15.6. The van der Waals surface area contributed by atoms with Gasteiger partial charge in [-0.2, -0.15) is 0 Å². The molecule has 2 aromatic rings. The van der Waals surface area contributed by atoms with Gasteiger partial charge in [0.1, 0.15) is 0 Å². The second-order valence-electron chi connectivity index (χ2n) is 9.62. The molecule has 3 aliphatic rings. The Bertz CT molecular complexity index is 1060. The summed E-state index contributed by atoms with van der Waals surface area (Å²) in [6, 6.07) is 20.3. The zero-order chi connectivity index (χ0) is 22.1. The Balaban J connectivity index is 1.53. The number of rotatable bonds is 5. The number of hydrogen-bond acceptors (Lipinski definition) is 2. The average Bonchev–Trinajstić information content (AvgIpc) is 3.04. The number of amides is 2. The lowest BCUT2D eigenvalue weighted by molar-refractivity contribution is -0.141. The molecule has 0 saturated carbocycles. The van der Waals surface area contributed by atoms with Crippen LogP contribution < -0.4 is 0 Å². The summed E-state index contributed by atoms with van der Waals surface area (Å²) in [5.74, 6) is -0.593. The lowest BCUT2D eigenvalue weighted by atomic mass is 9.58. The average molecular weight is 426 g/mol. The van der Waals surface area contributed by atoms with Crippen LogP contribution in [0.2, 0.25) is 0 Å². The van der Waals surface area contributed by atoms with Gasteiger partial charge in [-0.3, -0.25) is 14.5 Å². The van der Waals surface area contributed by atoms with Gasteiger partial charge < -0.3 is 0 Å². The zero-order valence-electron chi connectivity index (χ0n) is 18.7. The lowest BCUT2D eigenvalue weighted by Crippen LogP contribution is -2.42. The van der Waals surface area contributed by atoms with E-state index in [1.54, 1.807) is 4.90 Å². The third kappa shape index (κ3) is 3.44. The Kier molecular flexibility index (Phi) is 5.58. The van der Waals surface area contributed by atoms with E-state index in [-0.39, 0.29) is 29.6 Å². The first-order valence-electron chi connectivity index (χ1n) is 11.9. The van der Waals surface area contributed by atoms with Gasteiger partial charge in [-0.15, -0.1) is 0 Å². The van der Waals surface area contributed by atoms with Gasteiger partial charge in [0.15, 0.2) is 0 Å². The molecule has 1 heterocycles. The summed E-state index contributed by atoms with van der Waals surface area (Å²) in [4.78, 5) is 29.4. The van der Waals surface area contributed by atoms with Crippen LogP contribution in [0, 0.1) is 11.3 Å². The fourth-order valence-corrected chi connectivity index (χ4v) is 6.04. The van der Waals surface area contributed by atoms with Crippen molar-refractivity contribution in [2.45, 2.75) is 50.9 Å². The highest BCUT2D eigenvalue weighted by molar-refractivity contribution is 6.08. The Labute approximate surface area is 190 Å². The van der Waals surface area contributed by atoms with Crippen LogP contribution in [0.1, 0.15) is 62.0 Å². The van der Waals surface area contributed by atoms with E-state index in [1.165, 1.54) is 18.4 Å². The second-order valence-corrected chi connectivity index (χ2v) is 9.62. The van der Waals surface area contributed by atoms with Crippen molar-refractivity contribution in [2.75, 3.05) is 6.54 Å². The molecule has 0 unspecified atom stereocenters. The van der Waals surface area contributed by atoms with Gasteiger partial charge >= 0.3 is 0 Å². The highest BCUT2D eigenvalue weighted by Gasteiger charge is 2.62. The van der Waals surface area contributed by atoms with E-state index in [9.17, 15) is 9.59 Å². The van der Waals surface area contributed by atoms with Crippen LogP contribution in [-0.2, 0) is 9.59 Å². The molecule has 0 spiro atoms. The molecule has 0 bridgehead atoms. The van der Waals surface area contributed by atoms with Crippen molar-refractivity contribution in [1.29, 1.82) is 0 Å². The molecule has 32 heavy (non-hydrogen) atoms. The Morgan fingerprint density at radius 2 is 1.59 bits per heavy atom. The smallest absolute Gasteiger partial charge is 0.236 e. The summed E-state index contributed by atoms with van der Waals surface area (Å²) in [5.41, 5.74) is 2.81. The predicted octanol–water partition coefficient (Wildman–Crippen LogP) is 6.01. The van der Waals surface area contributed by atoms with E-state index < -0.39 is 5.41 Å². The van der Waals surface area contributed by atoms with Gasteiger partial charge in [0.25, 0.3) is 0 Å². The van der Waals surface area contributed by atoms with Crippen LogP contribution in [0.15, 0.2) is 84.5 Å². The minimum absolute atomic E-state index is 0.00644. The number of likely N-dealkylation sites (tertiary alicyclic amines) is 1. The quantitative estimate of drug-likeness (QED) is 0.435. The van der Waals surface area contributed by atoms with Crippen LogP contribution in [0.5, 0.6) is 0 Å². The van der Waals surface area contributed by atoms with Gasteiger partial charge in [-0.25, -0.2) is 0 Å². The number of allylic oxidation sites excluding steroid dienone is 3. The van der Waals surface area contributed by atoms with Crippen molar-refractivity contribution in [3.05, 3.63) is 95.6 Å². The highest BCUT2D eigenvalue weighted by atomic mass is 16.2. The van der Waals surface area contributed by atoms with Crippen molar-refractivity contribution in [2.24, 2.45) is 11.3 Å². The zero-order valence-corrected chi connectivity index (χ0v) is 18.7. The van der Waals surface area contributed by atoms with Crippen LogP contribution in [-0.4, -0.2) is 23.3 Å². The number of nitrogens with zero attached hydrogens (tertiary/aromatic N) is 1. The van der Waals surface area contributed by atoms with E-state index in [2.05, 4.69) is 42.5 Å². The number of imide groups is 1. The minimum atomic E-state index is -0.783. The topological polar surface area (TPSA) is 37.4 Å². The highest BCUT2D eigenvalue weighted by Crippen LogP contribution is 2.57.